The van der Waals surface area contributed by atoms with Crippen LogP contribution in [0, 0.1) is 0 Å². The average molecular weight is 286 g/mol. The quantitative estimate of drug-likeness (QED) is 0.853. The van der Waals surface area contributed by atoms with E-state index < -0.39 is 0 Å². The summed E-state index contributed by atoms with van der Waals surface area (Å²) in [6.45, 7) is 5.26. The summed E-state index contributed by atoms with van der Waals surface area (Å²) in [4.78, 5) is 12.0. The Balaban J connectivity index is 2.00. The van der Waals surface area contributed by atoms with Crippen LogP contribution in [-0.2, 0) is 0 Å². The number of anilines is 2. The summed E-state index contributed by atoms with van der Waals surface area (Å²) in [7, 11) is 0. The van der Waals surface area contributed by atoms with E-state index >= 15 is 0 Å². The van der Waals surface area contributed by atoms with Gasteiger partial charge in [-0.2, -0.15) is 0 Å². The Kier molecular flexibility index (Phi) is 5.09. The Morgan fingerprint density at radius 1 is 1.10 bits per heavy atom. The number of nitrogens with one attached hydrogen (secondary N) is 2. The normalized spacial score (nSPS) is 10.0. The molecule has 21 heavy (non-hydrogen) atoms. The van der Waals surface area contributed by atoms with Gasteiger partial charge < -0.3 is 15.4 Å². The van der Waals surface area contributed by atoms with Crippen LogP contribution in [0.1, 0.15) is 24.3 Å². The molecule has 0 bridgehead atoms. The maximum absolute atomic E-state index is 12.0. The summed E-state index contributed by atoms with van der Waals surface area (Å²) >= 11 is 0. The number of ether oxygens (including phenoxy) is 1. The van der Waals surface area contributed by atoms with E-state index in [9.17, 15) is 4.79 Å². The van der Waals surface area contributed by atoms with Crippen LogP contribution in [0.2, 0.25) is 0 Å². The van der Waals surface area contributed by atoms with Crippen molar-refractivity contribution in [3.05, 3.63) is 42.1 Å². The predicted molar refractivity (Wildman–Crippen MR) is 81.8 cm³/mol. The molecule has 0 atom stereocenters. The molecule has 0 spiro atoms. The minimum Gasteiger partial charge on any atom is -0.494 e. The molecular formula is C15H18N4O2. The molecule has 0 aliphatic heterocycles. The summed E-state index contributed by atoms with van der Waals surface area (Å²) in [5.74, 6) is 1.12. The fraction of sp³-hybridized carbons (Fsp3) is 0.267. The van der Waals surface area contributed by atoms with Crippen molar-refractivity contribution >= 4 is 17.4 Å². The Morgan fingerprint density at radius 2 is 1.86 bits per heavy atom. The van der Waals surface area contributed by atoms with Gasteiger partial charge in [-0.25, -0.2) is 0 Å². The third-order valence-corrected chi connectivity index (χ3v) is 2.68. The zero-order chi connectivity index (χ0) is 15.1. The SMILES string of the molecule is CCNc1ccc(C(=O)Nc2ccc(OCC)cc2)nn1. The van der Waals surface area contributed by atoms with Gasteiger partial charge in [0.1, 0.15) is 11.6 Å². The fourth-order valence-electron chi connectivity index (χ4n) is 1.73. The van der Waals surface area contributed by atoms with Crippen LogP contribution in [0.3, 0.4) is 0 Å². The van der Waals surface area contributed by atoms with Crippen LogP contribution in [0.4, 0.5) is 11.5 Å². The number of amides is 1. The summed E-state index contributed by atoms with van der Waals surface area (Å²) in [6.07, 6.45) is 0. The van der Waals surface area contributed by atoms with E-state index in [2.05, 4.69) is 20.8 Å². The average Bonchev–Trinajstić information content (AvgIpc) is 2.50. The van der Waals surface area contributed by atoms with Crippen molar-refractivity contribution in [1.82, 2.24) is 10.2 Å². The van der Waals surface area contributed by atoms with Gasteiger partial charge in [-0.1, -0.05) is 0 Å². The molecule has 0 saturated carbocycles. The van der Waals surface area contributed by atoms with Crippen molar-refractivity contribution in [1.29, 1.82) is 0 Å². The molecule has 1 amide bonds. The van der Waals surface area contributed by atoms with Crippen molar-refractivity contribution in [2.45, 2.75) is 13.8 Å². The van der Waals surface area contributed by atoms with Gasteiger partial charge in [0, 0.05) is 12.2 Å². The zero-order valence-corrected chi connectivity index (χ0v) is 12.1. The fourth-order valence-corrected chi connectivity index (χ4v) is 1.73. The van der Waals surface area contributed by atoms with Crippen molar-refractivity contribution in [2.75, 3.05) is 23.8 Å². The van der Waals surface area contributed by atoms with Gasteiger partial charge in [-0.15, -0.1) is 10.2 Å². The minimum atomic E-state index is -0.297. The van der Waals surface area contributed by atoms with Gasteiger partial charge in [0.25, 0.3) is 5.91 Å². The van der Waals surface area contributed by atoms with Crippen LogP contribution in [0.15, 0.2) is 36.4 Å². The minimum absolute atomic E-state index is 0.269. The molecule has 2 rings (SSSR count). The Hall–Kier alpha value is -2.63. The van der Waals surface area contributed by atoms with Gasteiger partial charge in [-0.3, -0.25) is 4.79 Å². The molecule has 1 aromatic carbocycles. The molecule has 6 nitrogen and oxygen atoms in total. The molecular weight excluding hydrogens is 268 g/mol. The first-order valence-corrected chi connectivity index (χ1v) is 6.84. The van der Waals surface area contributed by atoms with E-state index in [1.165, 1.54) is 0 Å². The summed E-state index contributed by atoms with van der Waals surface area (Å²) in [5, 5.41) is 13.6. The number of hydrogen-bond donors (Lipinski definition) is 2. The molecule has 2 aromatic rings. The molecule has 6 heteroatoms. The van der Waals surface area contributed by atoms with Gasteiger partial charge in [0.15, 0.2) is 5.69 Å². The molecule has 0 unspecified atom stereocenters. The lowest BCUT2D eigenvalue weighted by molar-refractivity contribution is 0.102. The van der Waals surface area contributed by atoms with Gasteiger partial charge >= 0.3 is 0 Å². The third kappa shape index (κ3) is 4.17. The van der Waals surface area contributed by atoms with Crippen LogP contribution >= 0.6 is 0 Å². The highest BCUT2D eigenvalue weighted by Gasteiger charge is 2.08. The van der Waals surface area contributed by atoms with Crippen LogP contribution < -0.4 is 15.4 Å². The van der Waals surface area contributed by atoms with E-state index in [0.717, 1.165) is 12.3 Å². The monoisotopic (exact) mass is 286 g/mol. The van der Waals surface area contributed by atoms with Crippen LogP contribution in [0.5, 0.6) is 5.75 Å². The summed E-state index contributed by atoms with van der Waals surface area (Å²) < 4.78 is 5.34. The highest BCUT2D eigenvalue weighted by atomic mass is 16.5. The Morgan fingerprint density at radius 3 is 2.43 bits per heavy atom. The Bertz CT molecular complexity index is 582. The number of hydrogen-bond acceptors (Lipinski definition) is 5. The maximum atomic E-state index is 12.0. The van der Waals surface area contributed by atoms with E-state index in [-0.39, 0.29) is 11.6 Å². The largest absolute Gasteiger partial charge is 0.494 e. The number of aromatic nitrogens is 2. The van der Waals surface area contributed by atoms with Crippen LogP contribution in [0.25, 0.3) is 0 Å². The molecule has 0 aliphatic rings. The van der Waals surface area contributed by atoms with Crippen LogP contribution in [-0.4, -0.2) is 29.3 Å². The molecule has 1 aromatic heterocycles. The first kappa shape index (κ1) is 14.8. The second-order valence-corrected chi connectivity index (χ2v) is 4.25. The second-order valence-electron chi connectivity index (χ2n) is 4.25. The van der Waals surface area contributed by atoms with E-state index in [1.54, 1.807) is 36.4 Å². The number of carbonyl (C=O) groups is 1. The van der Waals surface area contributed by atoms with E-state index in [4.69, 9.17) is 4.74 Å². The first-order chi connectivity index (χ1) is 10.2. The van der Waals surface area contributed by atoms with Gasteiger partial charge in [0.2, 0.25) is 0 Å². The molecule has 0 saturated heterocycles. The highest BCUT2D eigenvalue weighted by molar-refractivity contribution is 6.02. The maximum Gasteiger partial charge on any atom is 0.276 e. The second kappa shape index (κ2) is 7.23. The molecule has 110 valence electrons. The standard InChI is InChI=1S/C15H18N4O2/c1-3-16-14-10-9-13(18-19-14)15(20)17-11-5-7-12(8-6-11)21-4-2/h5-10H,3-4H2,1-2H3,(H,16,19)(H,17,20). The van der Waals surface area contributed by atoms with Gasteiger partial charge in [-0.05, 0) is 50.2 Å². The number of nitrogens with zero attached hydrogens (tertiary/aromatic N) is 2. The van der Waals surface area contributed by atoms with Crippen molar-refractivity contribution in [3.8, 4) is 5.75 Å². The Labute approximate surface area is 123 Å². The lowest BCUT2D eigenvalue weighted by Gasteiger charge is -2.07. The van der Waals surface area contributed by atoms with Crippen molar-refractivity contribution in [3.63, 3.8) is 0 Å². The molecule has 1 heterocycles. The predicted octanol–water partition coefficient (Wildman–Crippen LogP) is 2.56. The van der Waals surface area contributed by atoms with E-state index in [0.29, 0.717) is 18.1 Å². The lowest BCUT2D eigenvalue weighted by Crippen LogP contribution is -2.14. The number of benzene rings is 1. The first-order valence-electron chi connectivity index (χ1n) is 6.84. The molecule has 0 fully saturated rings. The topological polar surface area (TPSA) is 76.1 Å². The summed E-state index contributed by atoms with van der Waals surface area (Å²) in [5.41, 5.74) is 0.951. The van der Waals surface area contributed by atoms with Crippen molar-refractivity contribution in [2.24, 2.45) is 0 Å². The highest BCUT2D eigenvalue weighted by Crippen LogP contribution is 2.16. The zero-order valence-electron chi connectivity index (χ0n) is 12.1. The molecule has 0 radical (unpaired) electrons. The smallest absolute Gasteiger partial charge is 0.276 e. The molecule has 2 N–H and O–H groups in total. The van der Waals surface area contributed by atoms with E-state index in [1.807, 2.05) is 13.8 Å². The third-order valence-electron chi connectivity index (χ3n) is 2.68. The lowest BCUT2D eigenvalue weighted by atomic mass is 10.3. The number of rotatable bonds is 6. The molecule has 0 aliphatic carbocycles. The summed E-state index contributed by atoms with van der Waals surface area (Å²) in [6, 6.07) is 10.5. The number of carbonyl (C=O) groups excluding carboxylic acids is 1. The van der Waals surface area contributed by atoms with Crippen molar-refractivity contribution < 1.29 is 9.53 Å². The van der Waals surface area contributed by atoms with Gasteiger partial charge in [0.05, 0.1) is 6.61 Å².